The van der Waals surface area contributed by atoms with Gasteiger partial charge in [0.05, 0.1) is 11.9 Å². The van der Waals surface area contributed by atoms with Crippen molar-refractivity contribution in [2.45, 2.75) is 6.92 Å². The Hall–Kier alpha value is -1.76. The van der Waals surface area contributed by atoms with E-state index in [9.17, 15) is 4.79 Å². The Labute approximate surface area is 83.1 Å². The molecule has 0 radical (unpaired) electrons. The van der Waals surface area contributed by atoms with Crippen LogP contribution in [-0.2, 0) is 0 Å². The maximum Gasteiger partial charge on any atom is 0.269 e. The quantitative estimate of drug-likeness (QED) is 0.802. The molecule has 2 rings (SSSR count). The fraction of sp³-hybridized carbons (Fsp3) is 0.143. The Bertz CT molecular complexity index is 436. The van der Waals surface area contributed by atoms with Gasteiger partial charge in [0.2, 0.25) is 0 Å². The average molecular weight is 210 g/mol. The van der Waals surface area contributed by atoms with Gasteiger partial charge in [-0.15, -0.1) is 5.10 Å². The number of rotatable bonds is 2. The fourth-order valence-electron chi connectivity index (χ4n) is 0.894. The van der Waals surface area contributed by atoms with Crippen LogP contribution < -0.4 is 5.32 Å². The number of hydrogen-bond acceptors (Lipinski definition) is 6. The van der Waals surface area contributed by atoms with Gasteiger partial charge in [-0.2, -0.15) is 0 Å². The summed E-state index contributed by atoms with van der Waals surface area (Å²) in [4.78, 5) is 12.0. The lowest BCUT2D eigenvalue weighted by molar-refractivity contribution is 0.102. The first kappa shape index (κ1) is 8.82. The minimum atomic E-state index is -0.249. The highest BCUT2D eigenvalue weighted by Crippen LogP contribution is 2.12. The van der Waals surface area contributed by atoms with Gasteiger partial charge in [0.15, 0.2) is 0 Å². The van der Waals surface area contributed by atoms with Crippen LogP contribution in [0.25, 0.3) is 0 Å². The van der Waals surface area contributed by atoms with Crippen LogP contribution in [0.3, 0.4) is 0 Å². The molecular weight excluding hydrogens is 204 g/mol. The molecule has 1 N–H and O–H groups in total. The molecule has 0 bridgehead atoms. The van der Waals surface area contributed by atoms with Crippen LogP contribution in [0.15, 0.2) is 17.0 Å². The van der Waals surface area contributed by atoms with Gasteiger partial charge >= 0.3 is 0 Å². The summed E-state index contributed by atoms with van der Waals surface area (Å²) in [5.74, 6) is -0.249. The number of hydrogen-bond donors (Lipinski definition) is 1. The summed E-state index contributed by atoms with van der Waals surface area (Å²) in [6.07, 6.45) is 2.77. The summed E-state index contributed by atoms with van der Waals surface area (Å²) in [5.41, 5.74) is 1.13. The third-order valence-electron chi connectivity index (χ3n) is 1.55. The first-order chi connectivity index (χ1) is 6.77. The Kier molecular flexibility index (Phi) is 2.23. The van der Waals surface area contributed by atoms with Crippen molar-refractivity contribution in [3.8, 4) is 0 Å². The van der Waals surface area contributed by atoms with Crippen LogP contribution in [-0.4, -0.2) is 20.7 Å². The van der Waals surface area contributed by atoms with Gasteiger partial charge in [-0.25, -0.2) is 0 Å². The number of amides is 1. The zero-order valence-electron chi connectivity index (χ0n) is 7.22. The summed E-state index contributed by atoms with van der Waals surface area (Å²) >= 11 is 1.06. The summed E-state index contributed by atoms with van der Waals surface area (Å²) in [6.45, 7) is 1.73. The molecule has 0 saturated carbocycles. The Morgan fingerprint density at radius 2 is 2.50 bits per heavy atom. The molecule has 2 aromatic heterocycles. The van der Waals surface area contributed by atoms with E-state index in [0.29, 0.717) is 16.3 Å². The Morgan fingerprint density at radius 3 is 3.07 bits per heavy atom. The zero-order chi connectivity index (χ0) is 9.97. The predicted octanol–water partition coefficient (Wildman–Crippen LogP) is 1.09. The molecule has 0 aromatic carbocycles. The van der Waals surface area contributed by atoms with E-state index in [2.05, 4.69) is 24.6 Å². The summed E-state index contributed by atoms with van der Waals surface area (Å²) in [6, 6.07) is 0. The number of nitrogens with zero attached hydrogens (tertiary/aromatic N) is 3. The molecule has 0 spiro atoms. The number of aromatic nitrogens is 3. The van der Waals surface area contributed by atoms with E-state index in [1.54, 1.807) is 6.92 Å². The van der Waals surface area contributed by atoms with Gasteiger partial charge < -0.3 is 9.84 Å². The van der Waals surface area contributed by atoms with Crippen molar-refractivity contribution >= 4 is 23.1 Å². The van der Waals surface area contributed by atoms with E-state index in [1.165, 1.54) is 12.5 Å². The van der Waals surface area contributed by atoms with Gasteiger partial charge in [0.25, 0.3) is 5.91 Å². The van der Waals surface area contributed by atoms with Crippen LogP contribution in [0.1, 0.15) is 15.4 Å². The molecule has 0 fully saturated rings. The number of anilines is 1. The normalized spacial score (nSPS) is 10.1. The Balaban J connectivity index is 2.14. The van der Waals surface area contributed by atoms with E-state index >= 15 is 0 Å². The van der Waals surface area contributed by atoms with Crippen LogP contribution in [0, 0.1) is 6.92 Å². The van der Waals surface area contributed by atoms with Crippen molar-refractivity contribution in [1.82, 2.24) is 14.7 Å². The monoisotopic (exact) mass is 210 g/mol. The van der Waals surface area contributed by atoms with Crippen LogP contribution in [0.5, 0.6) is 0 Å². The second kappa shape index (κ2) is 3.54. The van der Waals surface area contributed by atoms with Crippen LogP contribution in [0.2, 0.25) is 0 Å². The third kappa shape index (κ3) is 1.62. The zero-order valence-corrected chi connectivity index (χ0v) is 8.04. The lowest BCUT2D eigenvalue weighted by Gasteiger charge is -1.97. The smallest absolute Gasteiger partial charge is 0.269 e. The molecule has 72 valence electrons. The van der Waals surface area contributed by atoms with Crippen molar-refractivity contribution in [3.05, 3.63) is 23.0 Å². The van der Waals surface area contributed by atoms with E-state index in [4.69, 9.17) is 0 Å². The number of nitrogens with one attached hydrogen (secondary N) is 1. The highest BCUT2D eigenvalue weighted by Gasteiger charge is 2.13. The lowest BCUT2D eigenvalue weighted by atomic mass is 10.4. The van der Waals surface area contributed by atoms with Crippen LogP contribution >= 0.6 is 11.5 Å². The third-order valence-corrected chi connectivity index (χ3v) is 2.37. The molecule has 7 heteroatoms. The molecule has 6 nitrogen and oxygen atoms in total. The van der Waals surface area contributed by atoms with E-state index in [0.717, 1.165) is 11.5 Å². The molecule has 0 atom stereocenters. The van der Waals surface area contributed by atoms with Crippen molar-refractivity contribution < 1.29 is 9.32 Å². The second-order valence-electron chi connectivity index (χ2n) is 2.55. The van der Waals surface area contributed by atoms with Gasteiger partial charge in [0, 0.05) is 0 Å². The van der Waals surface area contributed by atoms with E-state index < -0.39 is 0 Å². The molecule has 0 aliphatic carbocycles. The molecular formula is C7H6N4O2S. The van der Waals surface area contributed by atoms with Crippen molar-refractivity contribution in [1.29, 1.82) is 0 Å². The van der Waals surface area contributed by atoms with E-state index in [1.807, 2.05) is 0 Å². The summed E-state index contributed by atoms with van der Waals surface area (Å²) < 4.78 is 8.23. The highest BCUT2D eigenvalue weighted by atomic mass is 32.1. The minimum absolute atomic E-state index is 0.249. The molecule has 0 unspecified atom stereocenters. The average Bonchev–Trinajstić information content (AvgIpc) is 2.75. The second-order valence-corrected chi connectivity index (χ2v) is 3.31. The first-order valence-corrected chi connectivity index (χ1v) is 4.54. The van der Waals surface area contributed by atoms with Gasteiger partial charge in [-0.05, 0) is 18.5 Å². The SMILES string of the molecule is Cc1nnsc1C(=O)Nc1cnoc1. The first-order valence-electron chi connectivity index (χ1n) is 3.77. The maximum absolute atomic E-state index is 11.5. The van der Waals surface area contributed by atoms with Gasteiger partial charge in [-0.3, -0.25) is 4.79 Å². The van der Waals surface area contributed by atoms with Crippen molar-refractivity contribution in [3.63, 3.8) is 0 Å². The molecule has 2 heterocycles. The Morgan fingerprint density at radius 1 is 1.64 bits per heavy atom. The largest absolute Gasteiger partial charge is 0.363 e. The molecule has 2 aromatic rings. The standard InChI is InChI=1S/C7H6N4O2S/c1-4-6(14-11-10-4)7(12)9-5-2-8-13-3-5/h2-3H,1H3,(H,9,12). The minimum Gasteiger partial charge on any atom is -0.363 e. The number of carbonyl (C=O) groups excluding carboxylic acids is 1. The van der Waals surface area contributed by atoms with Gasteiger partial charge in [-0.1, -0.05) is 9.64 Å². The van der Waals surface area contributed by atoms with Gasteiger partial charge in [0.1, 0.15) is 16.8 Å². The fourth-order valence-corrected chi connectivity index (χ4v) is 1.45. The topological polar surface area (TPSA) is 80.9 Å². The highest BCUT2D eigenvalue weighted by molar-refractivity contribution is 7.08. The summed E-state index contributed by atoms with van der Waals surface area (Å²) in [5, 5.41) is 9.80. The lowest BCUT2D eigenvalue weighted by Crippen LogP contribution is -2.10. The molecule has 0 saturated heterocycles. The van der Waals surface area contributed by atoms with Crippen LogP contribution in [0.4, 0.5) is 5.69 Å². The van der Waals surface area contributed by atoms with Crippen molar-refractivity contribution in [2.24, 2.45) is 0 Å². The summed E-state index contributed by atoms with van der Waals surface area (Å²) in [7, 11) is 0. The van der Waals surface area contributed by atoms with Crippen molar-refractivity contribution in [2.75, 3.05) is 5.32 Å². The number of aryl methyl sites for hydroxylation is 1. The predicted molar refractivity (Wildman–Crippen MR) is 49.1 cm³/mol. The molecule has 14 heavy (non-hydrogen) atoms. The molecule has 0 aliphatic rings. The molecule has 0 aliphatic heterocycles. The molecule has 1 amide bonds. The van der Waals surface area contributed by atoms with E-state index in [-0.39, 0.29) is 5.91 Å². The maximum atomic E-state index is 11.5. The number of carbonyl (C=O) groups is 1.